The standard InChI is InChI=1S/C21H30ClN7.HI/c22-17-7-9-18(10-8-17)27-13-15-28(16-14-27)21(23)24-11-4-6-20-26-25-19-5-2-1-3-12-29(19)20;/h7-10H,1-6,11-16H2,(H2,23,24);1H. The molecule has 7 nitrogen and oxygen atoms in total. The van der Waals surface area contributed by atoms with Crippen molar-refractivity contribution in [3.05, 3.63) is 40.9 Å². The third kappa shape index (κ3) is 5.78. The van der Waals surface area contributed by atoms with E-state index in [4.69, 9.17) is 17.3 Å². The van der Waals surface area contributed by atoms with Crippen LogP contribution in [0, 0.1) is 0 Å². The monoisotopic (exact) mass is 543 g/mol. The zero-order chi connectivity index (χ0) is 20.1. The Bertz CT molecular complexity index is 828. The van der Waals surface area contributed by atoms with Crippen molar-refractivity contribution in [2.75, 3.05) is 37.6 Å². The Morgan fingerprint density at radius 2 is 1.77 bits per heavy atom. The van der Waals surface area contributed by atoms with E-state index >= 15 is 0 Å². The molecule has 1 fully saturated rings. The Morgan fingerprint density at radius 1 is 1.00 bits per heavy atom. The summed E-state index contributed by atoms with van der Waals surface area (Å²) in [6, 6.07) is 8.02. The summed E-state index contributed by atoms with van der Waals surface area (Å²) in [6.45, 7) is 5.42. The molecule has 164 valence electrons. The average Bonchev–Trinajstić information content (AvgIpc) is 2.97. The van der Waals surface area contributed by atoms with E-state index in [1.54, 1.807) is 0 Å². The maximum Gasteiger partial charge on any atom is 0.191 e. The van der Waals surface area contributed by atoms with Crippen LogP contribution in [0.5, 0.6) is 0 Å². The summed E-state index contributed by atoms with van der Waals surface area (Å²) < 4.78 is 2.32. The normalized spacial score (nSPS) is 17.3. The Balaban J connectivity index is 0.00000256. The van der Waals surface area contributed by atoms with Crippen molar-refractivity contribution in [2.24, 2.45) is 10.7 Å². The van der Waals surface area contributed by atoms with Gasteiger partial charge in [0.05, 0.1) is 0 Å². The third-order valence-electron chi connectivity index (χ3n) is 5.81. The Morgan fingerprint density at radius 3 is 2.53 bits per heavy atom. The van der Waals surface area contributed by atoms with E-state index < -0.39 is 0 Å². The number of rotatable bonds is 5. The number of guanidine groups is 1. The van der Waals surface area contributed by atoms with Crippen LogP contribution < -0.4 is 10.6 Å². The molecule has 30 heavy (non-hydrogen) atoms. The van der Waals surface area contributed by atoms with E-state index in [0.717, 1.165) is 75.2 Å². The van der Waals surface area contributed by atoms with E-state index in [1.807, 2.05) is 12.1 Å². The first-order valence-electron chi connectivity index (χ1n) is 10.7. The molecule has 1 saturated heterocycles. The number of fused-ring (bicyclic) bond motifs is 1. The number of aryl methyl sites for hydroxylation is 2. The molecule has 0 bridgehead atoms. The molecule has 0 spiro atoms. The number of piperazine rings is 1. The number of hydrogen-bond acceptors (Lipinski definition) is 4. The van der Waals surface area contributed by atoms with Crippen molar-refractivity contribution in [1.29, 1.82) is 0 Å². The van der Waals surface area contributed by atoms with E-state index in [0.29, 0.717) is 5.96 Å². The molecule has 2 N–H and O–H groups in total. The van der Waals surface area contributed by atoms with E-state index in [-0.39, 0.29) is 24.0 Å². The van der Waals surface area contributed by atoms with Gasteiger partial charge in [0.1, 0.15) is 11.6 Å². The molecule has 2 aliphatic heterocycles. The van der Waals surface area contributed by atoms with Crippen molar-refractivity contribution in [3.63, 3.8) is 0 Å². The molecule has 0 aliphatic carbocycles. The molecule has 0 unspecified atom stereocenters. The van der Waals surface area contributed by atoms with Crippen molar-refractivity contribution < 1.29 is 0 Å². The molecule has 1 aromatic carbocycles. The highest BCUT2D eigenvalue weighted by Gasteiger charge is 2.18. The second kappa shape index (κ2) is 11.2. The van der Waals surface area contributed by atoms with Crippen molar-refractivity contribution in [1.82, 2.24) is 19.7 Å². The summed E-state index contributed by atoms with van der Waals surface area (Å²) in [5, 5.41) is 9.54. The second-order valence-electron chi connectivity index (χ2n) is 7.79. The molecule has 9 heteroatoms. The van der Waals surface area contributed by atoms with Gasteiger partial charge >= 0.3 is 0 Å². The maximum absolute atomic E-state index is 6.25. The predicted molar refractivity (Wildman–Crippen MR) is 133 cm³/mol. The number of anilines is 1. The lowest BCUT2D eigenvalue weighted by Crippen LogP contribution is -2.51. The molecule has 0 amide bonds. The van der Waals surface area contributed by atoms with Gasteiger partial charge in [-0.25, -0.2) is 0 Å². The fourth-order valence-corrected chi connectivity index (χ4v) is 4.23. The minimum atomic E-state index is 0. The van der Waals surface area contributed by atoms with Crippen LogP contribution >= 0.6 is 35.6 Å². The Kier molecular flexibility index (Phi) is 8.61. The molecular weight excluding hydrogens is 513 g/mol. The van der Waals surface area contributed by atoms with Crippen LogP contribution in [0.2, 0.25) is 5.02 Å². The quantitative estimate of drug-likeness (QED) is 0.271. The summed E-state index contributed by atoms with van der Waals surface area (Å²) in [5.74, 6) is 2.91. The van der Waals surface area contributed by atoms with Gasteiger partial charge in [-0.3, -0.25) is 4.99 Å². The van der Waals surface area contributed by atoms with Crippen LogP contribution in [0.15, 0.2) is 29.3 Å². The van der Waals surface area contributed by atoms with Crippen LogP contribution in [0.3, 0.4) is 0 Å². The van der Waals surface area contributed by atoms with Gasteiger partial charge in [0.15, 0.2) is 5.96 Å². The first-order chi connectivity index (χ1) is 14.2. The fourth-order valence-electron chi connectivity index (χ4n) is 4.11. The highest BCUT2D eigenvalue weighted by atomic mass is 127. The van der Waals surface area contributed by atoms with Gasteiger partial charge in [-0.15, -0.1) is 34.2 Å². The van der Waals surface area contributed by atoms with Gasteiger partial charge in [-0.2, -0.15) is 0 Å². The van der Waals surface area contributed by atoms with Gasteiger partial charge in [-0.1, -0.05) is 18.0 Å². The number of aliphatic imine (C=N–C) groups is 1. The summed E-state index contributed by atoms with van der Waals surface area (Å²) in [7, 11) is 0. The molecule has 0 saturated carbocycles. The number of nitrogens with two attached hydrogens (primary N) is 1. The molecule has 0 atom stereocenters. The first kappa shape index (κ1) is 23.1. The molecule has 0 radical (unpaired) electrons. The van der Waals surface area contributed by atoms with E-state index in [9.17, 15) is 0 Å². The van der Waals surface area contributed by atoms with E-state index in [1.165, 1.54) is 24.9 Å². The zero-order valence-corrected chi connectivity index (χ0v) is 20.4. The van der Waals surface area contributed by atoms with Gasteiger partial charge in [0.25, 0.3) is 0 Å². The Hall–Kier alpha value is -1.55. The number of benzene rings is 1. The minimum absolute atomic E-state index is 0. The minimum Gasteiger partial charge on any atom is -0.370 e. The predicted octanol–water partition coefficient (Wildman–Crippen LogP) is 3.35. The van der Waals surface area contributed by atoms with E-state index in [2.05, 4.69) is 41.7 Å². The van der Waals surface area contributed by atoms with Gasteiger partial charge in [0.2, 0.25) is 0 Å². The fraction of sp³-hybridized carbons (Fsp3) is 0.571. The van der Waals surface area contributed by atoms with Gasteiger partial charge < -0.3 is 20.1 Å². The lowest BCUT2D eigenvalue weighted by molar-refractivity contribution is 0.380. The second-order valence-corrected chi connectivity index (χ2v) is 8.23. The molecule has 2 aliphatic rings. The highest BCUT2D eigenvalue weighted by Crippen LogP contribution is 2.19. The van der Waals surface area contributed by atoms with Crippen LogP contribution in [0.25, 0.3) is 0 Å². The highest BCUT2D eigenvalue weighted by molar-refractivity contribution is 14.0. The largest absolute Gasteiger partial charge is 0.370 e. The van der Waals surface area contributed by atoms with Crippen molar-refractivity contribution in [3.8, 4) is 0 Å². The lowest BCUT2D eigenvalue weighted by Gasteiger charge is -2.36. The number of nitrogens with zero attached hydrogens (tertiary/aromatic N) is 6. The Labute approximate surface area is 200 Å². The molecule has 1 aromatic heterocycles. The van der Waals surface area contributed by atoms with Crippen LogP contribution in [0.4, 0.5) is 5.69 Å². The van der Waals surface area contributed by atoms with Crippen molar-refractivity contribution in [2.45, 2.75) is 45.1 Å². The number of aromatic nitrogens is 3. The zero-order valence-electron chi connectivity index (χ0n) is 17.3. The maximum atomic E-state index is 6.25. The molecular formula is C21H31ClIN7. The number of hydrogen-bond donors (Lipinski definition) is 1. The summed E-state index contributed by atoms with van der Waals surface area (Å²) >= 11 is 5.98. The molecule has 4 rings (SSSR count). The SMILES string of the molecule is I.NC(=NCCCc1nnc2n1CCCCC2)N1CCN(c2ccc(Cl)cc2)CC1. The summed E-state index contributed by atoms with van der Waals surface area (Å²) in [4.78, 5) is 9.15. The van der Waals surface area contributed by atoms with Crippen molar-refractivity contribution >= 4 is 47.2 Å². The van der Waals surface area contributed by atoms with Crippen LogP contribution in [0.1, 0.15) is 37.3 Å². The third-order valence-corrected chi connectivity index (χ3v) is 6.07. The molecule has 3 heterocycles. The average molecular weight is 544 g/mol. The van der Waals surface area contributed by atoms with Gasteiger partial charge in [0, 0.05) is 62.8 Å². The topological polar surface area (TPSA) is 75.6 Å². The van der Waals surface area contributed by atoms with Crippen LogP contribution in [-0.4, -0.2) is 58.3 Å². The lowest BCUT2D eigenvalue weighted by atomic mass is 10.2. The summed E-state index contributed by atoms with van der Waals surface area (Å²) in [6.07, 6.45) is 6.65. The van der Waals surface area contributed by atoms with Crippen LogP contribution in [-0.2, 0) is 19.4 Å². The molecule has 2 aromatic rings. The summed E-state index contributed by atoms with van der Waals surface area (Å²) in [5.41, 5.74) is 7.46. The number of halogens is 2. The first-order valence-corrected chi connectivity index (χ1v) is 11.0. The van der Waals surface area contributed by atoms with Gasteiger partial charge in [-0.05, 0) is 43.5 Å². The smallest absolute Gasteiger partial charge is 0.191 e.